The summed E-state index contributed by atoms with van der Waals surface area (Å²) in [5.41, 5.74) is -1.15. The first-order valence-electron chi connectivity index (χ1n) is 8.18. The molecule has 23 heavy (non-hydrogen) atoms. The number of β-amino-alcohol motifs (C(OH)–C–C–N with tert-alkyl or cyclic N) is 1. The van der Waals surface area contributed by atoms with Crippen LogP contribution in [0.15, 0.2) is 18.2 Å². The molecule has 0 spiro atoms. The van der Waals surface area contributed by atoms with Crippen LogP contribution in [-0.4, -0.2) is 54.6 Å². The Bertz CT molecular complexity index is 537. The van der Waals surface area contributed by atoms with Gasteiger partial charge in [-0.25, -0.2) is 8.78 Å². The van der Waals surface area contributed by atoms with Crippen LogP contribution in [0.1, 0.15) is 25.7 Å². The molecule has 1 heterocycles. The van der Waals surface area contributed by atoms with Crippen LogP contribution in [0.25, 0.3) is 0 Å². The van der Waals surface area contributed by atoms with Crippen molar-refractivity contribution < 1.29 is 23.4 Å². The molecule has 0 radical (unpaired) electrons. The third-order valence-corrected chi connectivity index (χ3v) is 4.63. The molecule has 1 saturated carbocycles. The van der Waals surface area contributed by atoms with Crippen molar-refractivity contribution in [2.75, 3.05) is 32.9 Å². The van der Waals surface area contributed by atoms with Gasteiger partial charge in [0.2, 0.25) is 0 Å². The van der Waals surface area contributed by atoms with Gasteiger partial charge in [0.1, 0.15) is 18.0 Å². The molecule has 0 unspecified atom stereocenters. The van der Waals surface area contributed by atoms with Gasteiger partial charge in [-0.3, -0.25) is 4.90 Å². The fraction of sp³-hybridized carbons (Fsp3) is 0.647. The number of hydrogen-bond donors (Lipinski definition) is 1. The van der Waals surface area contributed by atoms with Crippen molar-refractivity contribution in [3.05, 3.63) is 29.8 Å². The van der Waals surface area contributed by atoms with Gasteiger partial charge in [0.15, 0.2) is 11.6 Å². The highest BCUT2D eigenvalue weighted by molar-refractivity contribution is 5.23. The molecule has 1 N–H and O–H groups in total. The number of benzene rings is 1. The second-order valence-electron chi connectivity index (χ2n) is 6.55. The van der Waals surface area contributed by atoms with Gasteiger partial charge < -0.3 is 14.6 Å². The highest BCUT2D eigenvalue weighted by Crippen LogP contribution is 2.26. The van der Waals surface area contributed by atoms with E-state index in [2.05, 4.69) is 4.90 Å². The first-order chi connectivity index (χ1) is 11.1. The van der Waals surface area contributed by atoms with Crippen LogP contribution in [0, 0.1) is 11.6 Å². The monoisotopic (exact) mass is 327 g/mol. The molecule has 1 atom stereocenters. The van der Waals surface area contributed by atoms with Crippen LogP contribution in [0.5, 0.6) is 5.75 Å². The third kappa shape index (κ3) is 4.19. The van der Waals surface area contributed by atoms with E-state index in [4.69, 9.17) is 9.47 Å². The number of ether oxygens (including phenoxy) is 2. The summed E-state index contributed by atoms with van der Waals surface area (Å²) in [5, 5.41) is 10.8. The van der Waals surface area contributed by atoms with E-state index in [9.17, 15) is 13.9 Å². The Morgan fingerprint density at radius 1 is 1.26 bits per heavy atom. The standard InChI is InChI=1S/C17H23F2NO3/c18-15-6-5-14(9-16(15)19)23-12-17(21)10-20(7-8-22-11-17)13-3-1-2-4-13/h5-6,9,13,21H,1-4,7-8,10-12H2/t17-/m1/s1. The van der Waals surface area contributed by atoms with E-state index >= 15 is 0 Å². The largest absolute Gasteiger partial charge is 0.490 e. The summed E-state index contributed by atoms with van der Waals surface area (Å²) in [4.78, 5) is 2.27. The molecule has 3 rings (SSSR count). The smallest absolute Gasteiger partial charge is 0.162 e. The summed E-state index contributed by atoms with van der Waals surface area (Å²) in [6.07, 6.45) is 4.76. The normalized spacial score (nSPS) is 27.1. The van der Waals surface area contributed by atoms with Gasteiger partial charge in [-0.15, -0.1) is 0 Å². The van der Waals surface area contributed by atoms with E-state index in [1.165, 1.54) is 18.9 Å². The average Bonchev–Trinajstić information content (AvgIpc) is 2.99. The van der Waals surface area contributed by atoms with E-state index in [1.54, 1.807) is 0 Å². The van der Waals surface area contributed by atoms with Crippen molar-refractivity contribution in [2.45, 2.75) is 37.3 Å². The maximum absolute atomic E-state index is 13.2. The van der Waals surface area contributed by atoms with Gasteiger partial charge >= 0.3 is 0 Å². The Morgan fingerprint density at radius 2 is 2.04 bits per heavy atom. The number of hydrogen-bond acceptors (Lipinski definition) is 4. The van der Waals surface area contributed by atoms with Crippen molar-refractivity contribution in [3.8, 4) is 5.75 Å². The summed E-state index contributed by atoms with van der Waals surface area (Å²) in [7, 11) is 0. The van der Waals surface area contributed by atoms with Crippen LogP contribution in [0.2, 0.25) is 0 Å². The first kappa shape index (κ1) is 16.6. The van der Waals surface area contributed by atoms with Gasteiger partial charge in [0.25, 0.3) is 0 Å². The van der Waals surface area contributed by atoms with E-state index in [0.717, 1.165) is 31.5 Å². The second-order valence-corrected chi connectivity index (χ2v) is 6.55. The Balaban J connectivity index is 1.62. The summed E-state index contributed by atoms with van der Waals surface area (Å²) in [6, 6.07) is 3.86. The molecule has 0 aromatic heterocycles. The van der Waals surface area contributed by atoms with E-state index < -0.39 is 17.2 Å². The quantitative estimate of drug-likeness (QED) is 0.922. The molecule has 4 nitrogen and oxygen atoms in total. The zero-order valence-electron chi connectivity index (χ0n) is 13.1. The summed E-state index contributed by atoms with van der Waals surface area (Å²) < 4.78 is 37.2. The maximum Gasteiger partial charge on any atom is 0.162 e. The maximum atomic E-state index is 13.2. The van der Waals surface area contributed by atoms with Gasteiger partial charge in [-0.2, -0.15) is 0 Å². The van der Waals surface area contributed by atoms with Crippen molar-refractivity contribution in [1.29, 1.82) is 0 Å². The number of nitrogens with zero attached hydrogens (tertiary/aromatic N) is 1. The van der Waals surface area contributed by atoms with Crippen LogP contribution >= 0.6 is 0 Å². The Kier molecular flexibility index (Phi) is 5.14. The minimum atomic E-state index is -1.15. The van der Waals surface area contributed by atoms with Crippen LogP contribution in [-0.2, 0) is 4.74 Å². The molecule has 1 saturated heterocycles. The van der Waals surface area contributed by atoms with Gasteiger partial charge in [0, 0.05) is 25.2 Å². The molecular weight excluding hydrogens is 304 g/mol. The lowest BCUT2D eigenvalue weighted by Gasteiger charge is -2.33. The van der Waals surface area contributed by atoms with E-state index in [1.807, 2.05) is 0 Å². The predicted molar refractivity (Wildman–Crippen MR) is 81.5 cm³/mol. The highest BCUT2D eigenvalue weighted by Gasteiger charge is 2.36. The minimum Gasteiger partial charge on any atom is -0.490 e. The van der Waals surface area contributed by atoms with Crippen LogP contribution in [0.3, 0.4) is 0 Å². The minimum absolute atomic E-state index is 0.0126. The molecule has 2 aliphatic rings. The molecule has 1 aromatic rings. The molecule has 1 aliphatic carbocycles. The zero-order chi connectivity index (χ0) is 16.3. The van der Waals surface area contributed by atoms with Gasteiger partial charge in [-0.1, -0.05) is 12.8 Å². The Hall–Kier alpha value is -1.24. The topological polar surface area (TPSA) is 41.9 Å². The average molecular weight is 327 g/mol. The fourth-order valence-electron chi connectivity index (χ4n) is 3.40. The first-order valence-corrected chi connectivity index (χ1v) is 8.18. The van der Waals surface area contributed by atoms with Crippen LogP contribution < -0.4 is 4.74 Å². The lowest BCUT2D eigenvalue weighted by atomic mass is 10.0. The number of rotatable bonds is 4. The lowest BCUT2D eigenvalue weighted by molar-refractivity contribution is -0.0669. The highest BCUT2D eigenvalue weighted by atomic mass is 19.2. The molecule has 0 amide bonds. The molecule has 1 aromatic carbocycles. The van der Waals surface area contributed by atoms with E-state index in [0.29, 0.717) is 19.2 Å². The second kappa shape index (κ2) is 7.11. The molecule has 128 valence electrons. The van der Waals surface area contributed by atoms with Crippen molar-refractivity contribution in [2.24, 2.45) is 0 Å². The van der Waals surface area contributed by atoms with E-state index in [-0.39, 0.29) is 19.0 Å². The molecule has 0 bridgehead atoms. The van der Waals surface area contributed by atoms with Gasteiger partial charge in [-0.05, 0) is 25.0 Å². The molecule has 6 heteroatoms. The zero-order valence-corrected chi connectivity index (χ0v) is 13.1. The fourth-order valence-corrected chi connectivity index (χ4v) is 3.40. The molecular formula is C17H23F2NO3. The summed E-state index contributed by atoms with van der Waals surface area (Å²) in [5.74, 6) is -1.67. The molecule has 1 aliphatic heterocycles. The van der Waals surface area contributed by atoms with Crippen molar-refractivity contribution in [1.82, 2.24) is 4.90 Å². The van der Waals surface area contributed by atoms with Gasteiger partial charge in [0.05, 0.1) is 13.2 Å². The third-order valence-electron chi connectivity index (χ3n) is 4.63. The summed E-state index contributed by atoms with van der Waals surface area (Å²) >= 11 is 0. The SMILES string of the molecule is O[C@@]1(COc2ccc(F)c(F)c2)COCCN(C2CCCC2)C1. The number of halogens is 2. The molecule has 2 fully saturated rings. The van der Waals surface area contributed by atoms with Crippen molar-refractivity contribution >= 4 is 0 Å². The van der Waals surface area contributed by atoms with Crippen molar-refractivity contribution in [3.63, 3.8) is 0 Å². The Labute approximate surface area is 135 Å². The number of aliphatic hydroxyl groups is 1. The predicted octanol–water partition coefficient (Wildman–Crippen LogP) is 2.35. The lowest BCUT2D eigenvalue weighted by Crippen LogP contribution is -2.51. The van der Waals surface area contributed by atoms with Crippen LogP contribution in [0.4, 0.5) is 8.78 Å². The summed E-state index contributed by atoms with van der Waals surface area (Å²) in [6.45, 7) is 2.03. The Morgan fingerprint density at radius 3 is 2.78 bits per heavy atom.